The Bertz CT molecular complexity index is 112. The maximum atomic E-state index is 3.02. The second kappa shape index (κ2) is 3.31. The topological polar surface area (TPSA) is 0 Å². The number of rotatable bonds is 0. The molecule has 0 aromatic carbocycles. The predicted octanol–water partition coefficient (Wildman–Crippen LogP) is 1.85. The van der Waals surface area contributed by atoms with Crippen LogP contribution in [0.3, 0.4) is 0 Å². The molecule has 1 heterocycles. The van der Waals surface area contributed by atoms with E-state index < -0.39 is 0 Å². The molecule has 2 heteroatoms. The van der Waals surface area contributed by atoms with E-state index in [4.69, 9.17) is 0 Å². The van der Waals surface area contributed by atoms with Crippen LogP contribution in [0.5, 0.6) is 0 Å². The summed E-state index contributed by atoms with van der Waals surface area (Å²) in [4.78, 5) is 1.26. The Kier molecular flexibility index (Phi) is 3.44. The minimum Gasteiger partial charge on any atom is -0.270 e. The summed E-state index contributed by atoms with van der Waals surface area (Å²) in [7, 11) is 0. The van der Waals surface area contributed by atoms with Crippen LogP contribution < -0.4 is 0 Å². The Balaban J connectivity index is 0.000000360. The number of thiophene rings is 1. The van der Waals surface area contributed by atoms with Gasteiger partial charge >= 0.3 is 0 Å². The van der Waals surface area contributed by atoms with Crippen molar-refractivity contribution < 1.29 is 18.6 Å². The van der Waals surface area contributed by atoms with E-state index in [0.717, 1.165) is 0 Å². The average molecular weight is 148 g/mol. The fraction of sp³-hybridized carbons (Fsp3) is 0.200. The number of hydrogen-bond acceptors (Lipinski definition) is 1. The monoisotopic (exact) mass is 148 g/mol. The van der Waals surface area contributed by atoms with E-state index in [-0.39, 0.29) is 18.6 Å². The average Bonchev–Trinajstić information content (AvgIpc) is 1.86. The Morgan fingerprint density at radius 1 is 1.71 bits per heavy atom. The molecule has 1 radical (unpaired) electrons. The van der Waals surface area contributed by atoms with Crippen molar-refractivity contribution in [2.75, 3.05) is 0 Å². The van der Waals surface area contributed by atoms with Crippen LogP contribution in [0, 0.1) is 13.0 Å². The number of aryl methyl sites for hydroxylation is 1. The van der Waals surface area contributed by atoms with Gasteiger partial charge in [-0.25, -0.2) is 12.1 Å². The molecule has 0 amide bonds. The van der Waals surface area contributed by atoms with Crippen molar-refractivity contribution in [2.45, 2.75) is 6.92 Å². The molecule has 0 saturated heterocycles. The van der Waals surface area contributed by atoms with Crippen LogP contribution in [0.15, 0.2) is 11.4 Å². The third-order valence-electron chi connectivity index (χ3n) is 0.599. The summed E-state index contributed by atoms with van der Waals surface area (Å²) in [5, 5.41) is 2.02. The fourth-order valence-corrected chi connectivity index (χ4v) is 0.798. The molecule has 0 aliphatic carbocycles. The van der Waals surface area contributed by atoms with E-state index in [0.29, 0.717) is 0 Å². The van der Waals surface area contributed by atoms with Gasteiger partial charge in [0.25, 0.3) is 0 Å². The van der Waals surface area contributed by atoms with E-state index in [1.807, 2.05) is 18.4 Å². The minimum atomic E-state index is 0. The summed E-state index contributed by atoms with van der Waals surface area (Å²) in [6.45, 7) is 2.05. The van der Waals surface area contributed by atoms with E-state index in [9.17, 15) is 0 Å². The molecule has 0 atom stereocenters. The zero-order valence-electron chi connectivity index (χ0n) is 4.01. The second-order valence-corrected chi connectivity index (χ2v) is 2.24. The zero-order valence-corrected chi connectivity index (χ0v) is 6.22. The first kappa shape index (κ1) is 7.28. The first-order valence-electron chi connectivity index (χ1n) is 1.81. The van der Waals surface area contributed by atoms with E-state index >= 15 is 0 Å². The third-order valence-corrected chi connectivity index (χ3v) is 1.34. The Hall–Kier alpha value is 0.284. The van der Waals surface area contributed by atoms with Crippen LogP contribution >= 0.6 is 11.3 Å². The molecule has 0 N–H and O–H groups in total. The largest absolute Gasteiger partial charge is 0.270 e. The van der Waals surface area contributed by atoms with E-state index in [1.165, 1.54) is 4.88 Å². The van der Waals surface area contributed by atoms with Crippen molar-refractivity contribution in [3.05, 3.63) is 22.4 Å². The first-order valence-corrected chi connectivity index (χ1v) is 2.69. The standard InChI is InChI=1S/C5H5S.V/c1-5-3-2-4-6-5;/h2,4H,1H3;/q-1;. The van der Waals surface area contributed by atoms with Gasteiger partial charge in [-0.15, -0.1) is 4.88 Å². The van der Waals surface area contributed by atoms with Crippen molar-refractivity contribution >= 4 is 11.3 Å². The van der Waals surface area contributed by atoms with Gasteiger partial charge in [-0.2, -0.15) is 5.38 Å². The fourth-order valence-electron chi connectivity index (χ4n) is 0.321. The van der Waals surface area contributed by atoms with E-state index in [1.54, 1.807) is 11.3 Å². The molecule has 0 unspecified atom stereocenters. The van der Waals surface area contributed by atoms with Gasteiger partial charge in [0.05, 0.1) is 0 Å². The molecule has 7 heavy (non-hydrogen) atoms. The van der Waals surface area contributed by atoms with E-state index in [2.05, 4.69) is 6.07 Å². The van der Waals surface area contributed by atoms with Crippen molar-refractivity contribution in [2.24, 2.45) is 0 Å². The van der Waals surface area contributed by atoms with Gasteiger partial charge < -0.3 is 0 Å². The molecule has 0 fully saturated rings. The van der Waals surface area contributed by atoms with Crippen LogP contribution in [0.1, 0.15) is 4.88 Å². The molecule has 1 rings (SSSR count). The molecular weight excluding hydrogens is 143 g/mol. The molecule has 0 bridgehead atoms. The van der Waals surface area contributed by atoms with Gasteiger partial charge in [-0.05, 0) is 6.92 Å². The maximum absolute atomic E-state index is 3.02. The SMILES string of the molecule is Cc1[c-]ccs1.[V]. The molecule has 0 aliphatic heterocycles. The molecule has 0 nitrogen and oxygen atoms in total. The Morgan fingerprint density at radius 2 is 2.43 bits per heavy atom. The molecule has 37 valence electrons. The van der Waals surface area contributed by atoms with Gasteiger partial charge in [0.1, 0.15) is 0 Å². The van der Waals surface area contributed by atoms with Crippen LogP contribution in [-0.4, -0.2) is 0 Å². The van der Waals surface area contributed by atoms with Crippen LogP contribution in [0.4, 0.5) is 0 Å². The predicted molar refractivity (Wildman–Crippen MR) is 27.9 cm³/mol. The summed E-state index contributed by atoms with van der Waals surface area (Å²) in [6.07, 6.45) is 0. The van der Waals surface area contributed by atoms with Crippen molar-refractivity contribution in [1.82, 2.24) is 0 Å². The maximum Gasteiger partial charge on any atom is 0 e. The summed E-state index contributed by atoms with van der Waals surface area (Å²) in [5.41, 5.74) is 0. The molecule has 1 aromatic heterocycles. The quantitative estimate of drug-likeness (QED) is 0.492. The van der Waals surface area contributed by atoms with Gasteiger partial charge in [0, 0.05) is 18.6 Å². The molecular formula is C5H5SV-. The summed E-state index contributed by atoms with van der Waals surface area (Å²) < 4.78 is 0. The van der Waals surface area contributed by atoms with Gasteiger partial charge in [0.2, 0.25) is 0 Å². The minimum absolute atomic E-state index is 0. The van der Waals surface area contributed by atoms with Crippen LogP contribution in [-0.2, 0) is 18.6 Å². The Labute approximate surface area is 59.4 Å². The summed E-state index contributed by atoms with van der Waals surface area (Å²) in [5.74, 6) is 0. The summed E-state index contributed by atoms with van der Waals surface area (Å²) >= 11 is 1.72. The van der Waals surface area contributed by atoms with Crippen LogP contribution in [0.2, 0.25) is 0 Å². The summed E-state index contributed by atoms with van der Waals surface area (Å²) in [6, 6.07) is 4.95. The molecule has 0 spiro atoms. The second-order valence-electron chi connectivity index (χ2n) is 1.12. The molecule has 0 aliphatic rings. The van der Waals surface area contributed by atoms with Crippen molar-refractivity contribution in [3.8, 4) is 0 Å². The normalized spacial score (nSPS) is 7.57. The van der Waals surface area contributed by atoms with Crippen LogP contribution in [0.25, 0.3) is 0 Å². The van der Waals surface area contributed by atoms with Gasteiger partial charge in [0.15, 0.2) is 0 Å². The smallest absolute Gasteiger partial charge is 0 e. The molecule has 0 saturated carbocycles. The van der Waals surface area contributed by atoms with Crippen molar-refractivity contribution in [1.29, 1.82) is 0 Å². The third kappa shape index (κ3) is 2.17. The Morgan fingerprint density at radius 3 is 2.57 bits per heavy atom. The first-order chi connectivity index (χ1) is 2.89. The van der Waals surface area contributed by atoms with Gasteiger partial charge in [-0.3, -0.25) is 11.3 Å². The van der Waals surface area contributed by atoms with Gasteiger partial charge in [-0.1, -0.05) is 0 Å². The zero-order chi connectivity index (χ0) is 4.41. The van der Waals surface area contributed by atoms with Crippen molar-refractivity contribution in [3.63, 3.8) is 0 Å². The number of hydrogen-bond donors (Lipinski definition) is 0. The molecule has 1 aromatic rings.